The standard InChI is InChI=1S/C15H11ClN4OS/c1-9-12(6-7-21-9)14-17-18-15-20(14)19-13(8-22-15)10-2-4-11(16)5-3-10/h2-7H,8H2,1H3. The van der Waals surface area contributed by atoms with Gasteiger partial charge in [-0.25, -0.2) is 0 Å². The molecule has 2 aromatic heterocycles. The topological polar surface area (TPSA) is 56.2 Å². The van der Waals surface area contributed by atoms with Crippen LogP contribution in [-0.2, 0) is 0 Å². The molecule has 0 spiro atoms. The molecule has 0 unspecified atom stereocenters. The van der Waals surface area contributed by atoms with E-state index in [1.165, 1.54) is 0 Å². The lowest BCUT2D eigenvalue weighted by molar-refractivity contribution is 0.534. The maximum absolute atomic E-state index is 5.94. The van der Waals surface area contributed by atoms with Gasteiger partial charge in [-0.2, -0.15) is 9.78 Å². The summed E-state index contributed by atoms with van der Waals surface area (Å²) in [5, 5.41) is 14.7. The number of rotatable bonds is 2. The molecule has 7 heteroatoms. The Morgan fingerprint density at radius 2 is 2.00 bits per heavy atom. The molecule has 0 radical (unpaired) electrons. The van der Waals surface area contributed by atoms with Gasteiger partial charge in [-0.15, -0.1) is 10.2 Å². The van der Waals surface area contributed by atoms with Gasteiger partial charge in [-0.1, -0.05) is 35.5 Å². The first-order chi connectivity index (χ1) is 10.7. The van der Waals surface area contributed by atoms with Crippen molar-refractivity contribution in [3.63, 3.8) is 0 Å². The van der Waals surface area contributed by atoms with Gasteiger partial charge in [-0.3, -0.25) is 0 Å². The van der Waals surface area contributed by atoms with Crippen molar-refractivity contribution < 1.29 is 4.42 Å². The Labute approximate surface area is 136 Å². The third-order valence-corrected chi connectivity index (χ3v) is 4.63. The van der Waals surface area contributed by atoms with Gasteiger partial charge in [0.15, 0.2) is 5.82 Å². The molecule has 22 heavy (non-hydrogen) atoms. The number of furan rings is 1. The van der Waals surface area contributed by atoms with Crippen LogP contribution in [0.15, 0.2) is 51.3 Å². The van der Waals surface area contributed by atoms with E-state index in [1.807, 2.05) is 37.3 Å². The molecule has 110 valence electrons. The number of aromatic nitrogens is 3. The molecule has 0 atom stereocenters. The van der Waals surface area contributed by atoms with Crippen LogP contribution in [0.25, 0.3) is 11.4 Å². The quantitative estimate of drug-likeness (QED) is 0.716. The molecule has 3 heterocycles. The number of fused-ring (bicyclic) bond motifs is 1. The van der Waals surface area contributed by atoms with Crippen LogP contribution in [0.2, 0.25) is 5.02 Å². The molecule has 0 N–H and O–H groups in total. The molecule has 0 aliphatic carbocycles. The van der Waals surface area contributed by atoms with E-state index >= 15 is 0 Å². The first-order valence-electron chi connectivity index (χ1n) is 6.69. The Hall–Kier alpha value is -2.05. The summed E-state index contributed by atoms with van der Waals surface area (Å²) in [4.78, 5) is 0. The van der Waals surface area contributed by atoms with Crippen LogP contribution in [0, 0.1) is 6.92 Å². The van der Waals surface area contributed by atoms with E-state index in [1.54, 1.807) is 22.7 Å². The van der Waals surface area contributed by atoms with Gasteiger partial charge in [0.25, 0.3) is 0 Å². The minimum atomic E-state index is 0.694. The molecular weight excluding hydrogens is 320 g/mol. The van der Waals surface area contributed by atoms with Crippen molar-refractivity contribution in [1.29, 1.82) is 0 Å². The van der Waals surface area contributed by atoms with Gasteiger partial charge in [0.05, 0.1) is 17.5 Å². The van der Waals surface area contributed by atoms with Crippen LogP contribution in [0.4, 0.5) is 0 Å². The number of hydrogen-bond donors (Lipinski definition) is 0. The van der Waals surface area contributed by atoms with Gasteiger partial charge in [0, 0.05) is 10.8 Å². The molecule has 0 saturated carbocycles. The molecule has 0 amide bonds. The summed E-state index contributed by atoms with van der Waals surface area (Å²) in [7, 11) is 0. The van der Waals surface area contributed by atoms with Crippen molar-refractivity contribution in [3.05, 3.63) is 52.9 Å². The summed E-state index contributed by atoms with van der Waals surface area (Å²) >= 11 is 7.56. The maximum atomic E-state index is 5.94. The van der Waals surface area contributed by atoms with Gasteiger partial charge in [0.1, 0.15) is 5.76 Å². The fourth-order valence-electron chi connectivity index (χ4n) is 2.30. The number of hydrogen-bond acceptors (Lipinski definition) is 5. The smallest absolute Gasteiger partial charge is 0.212 e. The van der Waals surface area contributed by atoms with Gasteiger partial charge < -0.3 is 4.42 Å². The van der Waals surface area contributed by atoms with E-state index in [2.05, 4.69) is 10.2 Å². The number of benzene rings is 1. The second-order valence-corrected chi connectivity index (χ2v) is 6.23. The molecule has 1 aliphatic rings. The Kier molecular flexibility index (Phi) is 3.28. The fourth-order valence-corrected chi connectivity index (χ4v) is 3.26. The Bertz CT molecular complexity index is 866. The van der Waals surface area contributed by atoms with Crippen molar-refractivity contribution in [2.24, 2.45) is 5.10 Å². The zero-order chi connectivity index (χ0) is 15.1. The number of thioether (sulfide) groups is 1. The molecular formula is C15H11ClN4OS. The summed E-state index contributed by atoms with van der Waals surface area (Å²) < 4.78 is 7.13. The highest BCUT2D eigenvalue weighted by Gasteiger charge is 2.22. The summed E-state index contributed by atoms with van der Waals surface area (Å²) in [6.45, 7) is 1.90. The highest BCUT2D eigenvalue weighted by molar-refractivity contribution is 7.99. The highest BCUT2D eigenvalue weighted by atomic mass is 35.5. The molecule has 5 nitrogen and oxygen atoms in total. The number of halogens is 1. The van der Waals surface area contributed by atoms with Gasteiger partial charge in [-0.05, 0) is 30.7 Å². The predicted octanol–water partition coefficient (Wildman–Crippen LogP) is 3.86. The summed E-state index contributed by atoms with van der Waals surface area (Å²) in [5.41, 5.74) is 2.92. The third kappa shape index (κ3) is 2.24. The lowest BCUT2D eigenvalue weighted by atomic mass is 10.1. The van der Waals surface area contributed by atoms with Crippen LogP contribution in [0.3, 0.4) is 0 Å². The lowest BCUT2D eigenvalue weighted by Crippen LogP contribution is -2.13. The van der Waals surface area contributed by atoms with E-state index < -0.39 is 0 Å². The third-order valence-electron chi connectivity index (χ3n) is 3.45. The van der Waals surface area contributed by atoms with E-state index in [0.29, 0.717) is 10.8 Å². The maximum Gasteiger partial charge on any atom is 0.212 e. The molecule has 3 aromatic rings. The zero-order valence-corrected chi connectivity index (χ0v) is 13.2. The van der Waals surface area contributed by atoms with Crippen LogP contribution in [0.5, 0.6) is 0 Å². The average Bonchev–Trinajstić information content (AvgIpc) is 3.13. The fraction of sp³-hybridized carbons (Fsp3) is 0.133. The van der Waals surface area contributed by atoms with Crippen LogP contribution >= 0.6 is 23.4 Å². The van der Waals surface area contributed by atoms with E-state index in [9.17, 15) is 0 Å². The Morgan fingerprint density at radius 1 is 1.18 bits per heavy atom. The van der Waals surface area contributed by atoms with Crippen molar-refractivity contribution in [2.75, 3.05) is 5.75 Å². The van der Waals surface area contributed by atoms with E-state index in [4.69, 9.17) is 21.1 Å². The number of nitrogens with zero attached hydrogens (tertiary/aromatic N) is 4. The first kappa shape index (κ1) is 13.6. The van der Waals surface area contributed by atoms with Crippen molar-refractivity contribution in [2.45, 2.75) is 12.1 Å². The minimum Gasteiger partial charge on any atom is -0.469 e. The van der Waals surface area contributed by atoms with Crippen molar-refractivity contribution >= 4 is 29.1 Å². The largest absolute Gasteiger partial charge is 0.469 e. The highest BCUT2D eigenvalue weighted by Crippen LogP contribution is 2.30. The average molecular weight is 331 g/mol. The molecule has 0 bridgehead atoms. The Morgan fingerprint density at radius 3 is 2.73 bits per heavy atom. The monoisotopic (exact) mass is 330 g/mol. The van der Waals surface area contributed by atoms with Crippen LogP contribution in [0.1, 0.15) is 11.3 Å². The lowest BCUT2D eigenvalue weighted by Gasteiger charge is -2.13. The summed E-state index contributed by atoms with van der Waals surface area (Å²) in [6, 6.07) is 9.56. The molecule has 1 aliphatic heterocycles. The molecule has 4 rings (SSSR count). The SMILES string of the molecule is Cc1occc1-c1nnc2n1N=C(c1ccc(Cl)cc1)CS2. The second kappa shape index (κ2) is 5.30. The van der Waals surface area contributed by atoms with Gasteiger partial charge >= 0.3 is 0 Å². The van der Waals surface area contributed by atoms with E-state index in [-0.39, 0.29) is 0 Å². The van der Waals surface area contributed by atoms with Crippen molar-refractivity contribution in [3.8, 4) is 11.4 Å². The van der Waals surface area contributed by atoms with Gasteiger partial charge in [0.2, 0.25) is 5.16 Å². The summed E-state index contributed by atoms with van der Waals surface area (Å²) in [6.07, 6.45) is 1.64. The second-order valence-electron chi connectivity index (χ2n) is 4.85. The Balaban J connectivity index is 1.81. The van der Waals surface area contributed by atoms with E-state index in [0.717, 1.165) is 33.5 Å². The molecule has 0 saturated heterocycles. The number of aryl methyl sites for hydroxylation is 1. The van der Waals surface area contributed by atoms with Crippen LogP contribution in [-0.4, -0.2) is 26.3 Å². The predicted molar refractivity (Wildman–Crippen MR) is 86.6 cm³/mol. The van der Waals surface area contributed by atoms with Crippen LogP contribution < -0.4 is 0 Å². The van der Waals surface area contributed by atoms with Crippen molar-refractivity contribution in [1.82, 2.24) is 14.9 Å². The minimum absolute atomic E-state index is 0.694. The normalized spacial score (nSPS) is 13.8. The molecule has 0 fully saturated rings. The summed E-state index contributed by atoms with van der Waals surface area (Å²) in [5.74, 6) is 2.25. The first-order valence-corrected chi connectivity index (χ1v) is 8.05. The zero-order valence-electron chi connectivity index (χ0n) is 11.7. The molecule has 1 aromatic carbocycles.